The largest absolute Gasteiger partial charge is 0.318 e. The number of benzene rings is 1. The number of hydrogen-bond donors (Lipinski definition) is 1. The second-order valence-corrected chi connectivity index (χ2v) is 6.32. The molecular weight excluding hydrogens is 256 g/mol. The molecule has 1 amide bonds. The Bertz CT molecular complexity index is 432. The lowest BCUT2D eigenvalue weighted by Crippen LogP contribution is -2.39. The Morgan fingerprint density at radius 3 is 2.74 bits per heavy atom. The van der Waals surface area contributed by atoms with Crippen molar-refractivity contribution in [2.45, 2.75) is 33.0 Å². The highest BCUT2D eigenvalue weighted by molar-refractivity contribution is 7.99. The molecule has 1 aliphatic rings. The third-order valence-corrected chi connectivity index (χ3v) is 4.57. The molecule has 0 saturated carbocycles. The molecular formula is C15H22N2OS. The first-order valence-electron chi connectivity index (χ1n) is 6.82. The van der Waals surface area contributed by atoms with Crippen LogP contribution in [0.4, 0.5) is 0 Å². The molecule has 2 unspecified atom stereocenters. The lowest BCUT2D eigenvalue weighted by molar-refractivity contribution is -0.129. The van der Waals surface area contributed by atoms with Gasteiger partial charge >= 0.3 is 0 Å². The normalized spacial score (nSPS) is 20.9. The molecule has 2 atom stereocenters. The van der Waals surface area contributed by atoms with Crippen LogP contribution in [0.3, 0.4) is 0 Å². The molecule has 0 radical (unpaired) electrons. The van der Waals surface area contributed by atoms with Gasteiger partial charge in [0.05, 0.1) is 6.54 Å². The fourth-order valence-corrected chi connectivity index (χ4v) is 3.15. The molecule has 0 bridgehead atoms. The standard InChI is InChI=1S/C15H22N2OS/c1-4-19-10-12(3)17-14(18)9-16-15(17)13-7-5-11(2)6-8-13/h5-8,12,15-16H,4,9-10H2,1-3H3. The van der Waals surface area contributed by atoms with Gasteiger partial charge in [-0.15, -0.1) is 0 Å². The summed E-state index contributed by atoms with van der Waals surface area (Å²) >= 11 is 1.88. The van der Waals surface area contributed by atoms with Crippen molar-refractivity contribution < 1.29 is 4.79 Å². The van der Waals surface area contributed by atoms with E-state index in [4.69, 9.17) is 0 Å². The molecule has 1 aromatic carbocycles. The first kappa shape index (κ1) is 14.4. The van der Waals surface area contributed by atoms with Gasteiger partial charge in [-0.3, -0.25) is 10.1 Å². The SMILES string of the molecule is CCSCC(C)N1C(=O)CNC1c1ccc(C)cc1. The number of amides is 1. The number of thioether (sulfide) groups is 1. The number of nitrogens with zero attached hydrogens (tertiary/aromatic N) is 1. The quantitative estimate of drug-likeness (QED) is 0.898. The second kappa shape index (κ2) is 6.44. The van der Waals surface area contributed by atoms with E-state index in [2.05, 4.69) is 50.4 Å². The number of carbonyl (C=O) groups is 1. The summed E-state index contributed by atoms with van der Waals surface area (Å²) in [6.07, 6.45) is 0.0283. The summed E-state index contributed by atoms with van der Waals surface area (Å²) in [5.74, 6) is 2.29. The van der Waals surface area contributed by atoms with Crippen molar-refractivity contribution in [3.63, 3.8) is 0 Å². The van der Waals surface area contributed by atoms with Gasteiger partial charge in [-0.2, -0.15) is 11.8 Å². The van der Waals surface area contributed by atoms with Gasteiger partial charge < -0.3 is 4.90 Å². The number of nitrogens with one attached hydrogen (secondary N) is 1. The third kappa shape index (κ3) is 3.31. The van der Waals surface area contributed by atoms with Crippen LogP contribution < -0.4 is 5.32 Å². The van der Waals surface area contributed by atoms with E-state index < -0.39 is 0 Å². The van der Waals surface area contributed by atoms with Crippen molar-refractivity contribution in [3.05, 3.63) is 35.4 Å². The predicted octanol–water partition coefficient (Wildman–Crippen LogP) is 2.57. The molecule has 0 spiro atoms. The van der Waals surface area contributed by atoms with E-state index in [0.29, 0.717) is 6.54 Å². The summed E-state index contributed by atoms with van der Waals surface area (Å²) in [6.45, 7) is 6.81. The van der Waals surface area contributed by atoms with Gasteiger partial charge in [-0.25, -0.2) is 0 Å². The number of carbonyl (C=O) groups excluding carboxylic acids is 1. The van der Waals surface area contributed by atoms with Crippen LogP contribution in [-0.4, -0.2) is 34.9 Å². The van der Waals surface area contributed by atoms with Crippen LogP contribution in [0.1, 0.15) is 31.1 Å². The zero-order valence-electron chi connectivity index (χ0n) is 11.8. The number of rotatable bonds is 5. The van der Waals surface area contributed by atoms with Crippen LogP contribution in [-0.2, 0) is 4.79 Å². The topological polar surface area (TPSA) is 32.3 Å². The molecule has 2 rings (SSSR count). The first-order chi connectivity index (χ1) is 9.13. The highest BCUT2D eigenvalue weighted by Crippen LogP contribution is 2.26. The maximum Gasteiger partial charge on any atom is 0.238 e. The molecule has 3 nitrogen and oxygen atoms in total. The van der Waals surface area contributed by atoms with Gasteiger partial charge in [0.15, 0.2) is 0 Å². The Hall–Kier alpha value is -1.00. The molecule has 1 N–H and O–H groups in total. The second-order valence-electron chi connectivity index (χ2n) is 5.00. The summed E-state index contributed by atoms with van der Waals surface area (Å²) < 4.78 is 0. The molecule has 1 saturated heterocycles. The molecule has 4 heteroatoms. The minimum atomic E-state index is 0.0283. The maximum atomic E-state index is 12.1. The maximum absolute atomic E-state index is 12.1. The number of aryl methyl sites for hydroxylation is 1. The lowest BCUT2D eigenvalue weighted by Gasteiger charge is -2.30. The molecule has 0 aromatic heterocycles. The van der Waals surface area contributed by atoms with Crippen LogP contribution in [0.25, 0.3) is 0 Å². The minimum Gasteiger partial charge on any atom is -0.318 e. The lowest BCUT2D eigenvalue weighted by atomic mass is 10.1. The van der Waals surface area contributed by atoms with Crippen molar-refractivity contribution >= 4 is 17.7 Å². The Morgan fingerprint density at radius 1 is 1.42 bits per heavy atom. The molecule has 19 heavy (non-hydrogen) atoms. The average Bonchev–Trinajstić information content (AvgIpc) is 2.79. The van der Waals surface area contributed by atoms with E-state index >= 15 is 0 Å². The zero-order valence-corrected chi connectivity index (χ0v) is 12.7. The van der Waals surface area contributed by atoms with Gasteiger partial charge in [0.1, 0.15) is 6.17 Å². The van der Waals surface area contributed by atoms with Crippen molar-refractivity contribution in [2.75, 3.05) is 18.1 Å². The number of hydrogen-bond acceptors (Lipinski definition) is 3. The summed E-state index contributed by atoms with van der Waals surface area (Å²) in [5, 5.41) is 3.32. The van der Waals surface area contributed by atoms with Gasteiger partial charge in [0.25, 0.3) is 0 Å². The first-order valence-corrected chi connectivity index (χ1v) is 7.97. The fourth-order valence-electron chi connectivity index (χ4n) is 2.41. The highest BCUT2D eigenvalue weighted by Gasteiger charge is 2.34. The Morgan fingerprint density at radius 2 is 2.11 bits per heavy atom. The Kier molecular flexibility index (Phi) is 4.88. The van der Waals surface area contributed by atoms with Crippen molar-refractivity contribution in [1.82, 2.24) is 10.2 Å². The van der Waals surface area contributed by atoms with Gasteiger partial charge in [-0.05, 0) is 25.2 Å². The average molecular weight is 278 g/mol. The van der Waals surface area contributed by atoms with E-state index in [1.807, 2.05) is 16.7 Å². The van der Waals surface area contributed by atoms with Crippen LogP contribution >= 0.6 is 11.8 Å². The molecule has 1 aliphatic heterocycles. The zero-order chi connectivity index (χ0) is 13.8. The van der Waals surface area contributed by atoms with Gasteiger partial charge in [-0.1, -0.05) is 36.8 Å². The molecule has 104 valence electrons. The predicted molar refractivity (Wildman–Crippen MR) is 81.2 cm³/mol. The van der Waals surface area contributed by atoms with Gasteiger partial charge in [0.2, 0.25) is 5.91 Å². The molecule has 0 aliphatic carbocycles. The van der Waals surface area contributed by atoms with E-state index in [1.165, 1.54) is 11.1 Å². The van der Waals surface area contributed by atoms with Gasteiger partial charge in [0, 0.05) is 11.8 Å². The summed E-state index contributed by atoms with van der Waals surface area (Å²) in [4.78, 5) is 14.1. The molecule has 1 aromatic rings. The summed E-state index contributed by atoms with van der Waals surface area (Å²) in [6, 6.07) is 8.68. The smallest absolute Gasteiger partial charge is 0.238 e. The van der Waals surface area contributed by atoms with Crippen LogP contribution in [0.15, 0.2) is 24.3 Å². The van der Waals surface area contributed by atoms with Crippen LogP contribution in [0.2, 0.25) is 0 Å². The van der Waals surface area contributed by atoms with E-state index in [9.17, 15) is 4.79 Å². The van der Waals surface area contributed by atoms with Crippen molar-refractivity contribution in [2.24, 2.45) is 0 Å². The van der Waals surface area contributed by atoms with Crippen LogP contribution in [0, 0.1) is 6.92 Å². The fraction of sp³-hybridized carbons (Fsp3) is 0.533. The molecule has 1 heterocycles. The van der Waals surface area contributed by atoms with E-state index in [1.54, 1.807) is 0 Å². The van der Waals surface area contributed by atoms with Crippen molar-refractivity contribution in [3.8, 4) is 0 Å². The highest BCUT2D eigenvalue weighted by atomic mass is 32.2. The molecule has 1 fully saturated rings. The van der Waals surface area contributed by atoms with E-state index in [0.717, 1.165) is 11.5 Å². The summed E-state index contributed by atoms with van der Waals surface area (Å²) in [7, 11) is 0. The summed E-state index contributed by atoms with van der Waals surface area (Å²) in [5.41, 5.74) is 2.42. The monoisotopic (exact) mass is 278 g/mol. The Balaban J connectivity index is 2.14. The minimum absolute atomic E-state index is 0.0283. The van der Waals surface area contributed by atoms with Crippen molar-refractivity contribution in [1.29, 1.82) is 0 Å². The Labute approximate surface area is 119 Å². The van der Waals surface area contributed by atoms with E-state index in [-0.39, 0.29) is 18.1 Å². The third-order valence-electron chi connectivity index (χ3n) is 3.44. The van der Waals surface area contributed by atoms with Crippen LogP contribution in [0.5, 0.6) is 0 Å².